The number of hydrogen-bond acceptors (Lipinski definition) is 3. The molecule has 14 heavy (non-hydrogen) atoms. The molecule has 0 spiro atoms. The first-order chi connectivity index (χ1) is 6.81. The van der Waals surface area contributed by atoms with Gasteiger partial charge in [-0.15, -0.1) is 10.2 Å². The summed E-state index contributed by atoms with van der Waals surface area (Å²) < 4.78 is 0.492. The van der Waals surface area contributed by atoms with Crippen LogP contribution in [0.2, 0.25) is 4.47 Å². The van der Waals surface area contributed by atoms with Crippen molar-refractivity contribution in [3.8, 4) is 10.6 Å². The number of nitrogens with zero attached hydrogens (tertiary/aromatic N) is 2. The molecule has 0 aliphatic rings. The first-order valence-electron chi connectivity index (χ1n) is 4.38. The molecule has 0 saturated carbocycles. The van der Waals surface area contributed by atoms with Crippen molar-refractivity contribution in [3.05, 3.63) is 34.3 Å². The lowest BCUT2D eigenvalue weighted by atomic mass is 10.1. The van der Waals surface area contributed by atoms with Crippen molar-refractivity contribution < 1.29 is 0 Å². The smallest absolute Gasteiger partial charge is 0.137 e. The molecule has 72 valence electrons. The molecule has 1 aromatic carbocycles. The Labute approximate surface area is 91.6 Å². The summed E-state index contributed by atoms with van der Waals surface area (Å²) in [6.45, 7) is 2.13. The summed E-state index contributed by atoms with van der Waals surface area (Å²) in [5, 5.41) is 8.73. The molecular weight excluding hydrogens is 216 g/mol. The highest BCUT2D eigenvalue weighted by atomic mass is 35.5. The summed E-state index contributed by atoms with van der Waals surface area (Å²) in [6.07, 6.45) is 0.993. The Balaban J connectivity index is 2.50. The number of benzene rings is 1. The largest absolute Gasteiger partial charge is 0.207 e. The van der Waals surface area contributed by atoms with Gasteiger partial charge < -0.3 is 0 Å². The molecule has 0 N–H and O–H groups in total. The zero-order valence-corrected chi connectivity index (χ0v) is 9.27. The highest BCUT2D eigenvalue weighted by Crippen LogP contribution is 2.28. The standard InChI is InChI=1S/C10H9ClN2S/c1-2-7-5-3-4-6-8(7)9-12-13-10(11)14-9/h3-6H,2H2,1H3. The zero-order chi connectivity index (χ0) is 9.97. The van der Waals surface area contributed by atoms with Crippen LogP contribution < -0.4 is 0 Å². The van der Waals surface area contributed by atoms with Gasteiger partial charge in [0.05, 0.1) is 0 Å². The van der Waals surface area contributed by atoms with Crippen LogP contribution in [0.15, 0.2) is 24.3 Å². The van der Waals surface area contributed by atoms with Gasteiger partial charge in [-0.25, -0.2) is 0 Å². The maximum atomic E-state index is 5.75. The van der Waals surface area contributed by atoms with Crippen LogP contribution in [0.1, 0.15) is 12.5 Å². The molecule has 2 aromatic rings. The van der Waals surface area contributed by atoms with Crippen molar-refractivity contribution in [2.75, 3.05) is 0 Å². The Morgan fingerprint density at radius 1 is 1.29 bits per heavy atom. The molecule has 0 amide bonds. The first kappa shape index (κ1) is 9.62. The fraction of sp³-hybridized carbons (Fsp3) is 0.200. The van der Waals surface area contributed by atoms with Gasteiger partial charge in [-0.1, -0.05) is 42.5 Å². The van der Waals surface area contributed by atoms with E-state index in [-0.39, 0.29) is 0 Å². The van der Waals surface area contributed by atoms with E-state index in [1.165, 1.54) is 16.9 Å². The molecule has 2 nitrogen and oxygen atoms in total. The Bertz CT molecular complexity index is 439. The van der Waals surface area contributed by atoms with Crippen LogP contribution in [-0.4, -0.2) is 10.2 Å². The average Bonchev–Trinajstić information content (AvgIpc) is 2.65. The van der Waals surface area contributed by atoms with Crippen molar-refractivity contribution >= 4 is 22.9 Å². The fourth-order valence-corrected chi connectivity index (χ4v) is 2.24. The summed E-state index contributed by atoms with van der Waals surface area (Å²) in [4.78, 5) is 0. The predicted octanol–water partition coefficient (Wildman–Crippen LogP) is 3.42. The van der Waals surface area contributed by atoms with Crippen LogP contribution in [0.5, 0.6) is 0 Å². The third-order valence-corrected chi connectivity index (χ3v) is 3.08. The zero-order valence-electron chi connectivity index (χ0n) is 7.70. The molecule has 2 rings (SSSR count). The molecule has 0 radical (unpaired) electrons. The first-order valence-corrected chi connectivity index (χ1v) is 5.58. The van der Waals surface area contributed by atoms with Crippen LogP contribution in [0, 0.1) is 0 Å². The van der Waals surface area contributed by atoms with Gasteiger partial charge in [0.15, 0.2) is 0 Å². The fourth-order valence-electron chi connectivity index (χ4n) is 1.35. The van der Waals surface area contributed by atoms with Gasteiger partial charge in [-0.05, 0) is 23.6 Å². The number of aromatic nitrogens is 2. The molecule has 0 saturated heterocycles. The molecule has 0 unspecified atom stereocenters. The molecule has 0 aliphatic heterocycles. The van der Waals surface area contributed by atoms with Gasteiger partial charge >= 0.3 is 0 Å². The topological polar surface area (TPSA) is 25.8 Å². The summed E-state index contributed by atoms with van der Waals surface area (Å²) in [5.41, 5.74) is 2.42. The molecule has 1 aromatic heterocycles. The highest BCUT2D eigenvalue weighted by Gasteiger charge is 2.07. The second-order valence-electron chi connectivity index (χ2n) is 2.87. The van der Waals surface area contributed by atoms with Gasteiger partial charge in [-0.3, -0.25) is 0 Å². The lowest BCUT2D eigenvalue weighted by Gasteiger charge is -2.02. The minimum atomic E-state index is 0.492. The third kappa shape index (κ3) is 1.79. The van der Waals surface area contributed by atoms with E-state index in [4.69, 9.17) is 11.6 Å². The van der Waals surface area contributed by atoms with E-state index in [1.54, 1.807) is 0 Å². The molecule has 4 heteroatoms. The maximum absolute atomic E-state index is 5.75. The Morgan fingerprint density at radius 3 is 2.71 bits per heavy atom. The lowest BCUT2D eigenvalue weighted by Crippen LogP contribution is -1.85. The van der Waals surface area contributed by atoms with Crippen LogP contribution in [0.4, 0.5) is 0 Å². The number of rotatable bonds is 2. The minimum absolute atomic E-state index is 0.492. The van der Waals surface area contributed by atoms with Crippen molar-refractivity contribution in [3.63, 3.8) is 0 Å². The second-order valence-corrected chi connectivity index (χ2v) is 4.43. The maximum Gasteiger partial charge on any atom is 0.207 e. The van der Waals surface area contributed by atoms with Gasteiger partial charge in [0.2, 0.25) is 4.47 Å². The summed E-state index contributed by atoms with van der Waals surface area (Å²) in [6, 6.07) is 8.19. The van der Waals surface area contributed by atoms with E-state index >= 15 is 0 Å². The van der Waals surface area contributed by atoms with E-state index in [0.717, 1.165) is 17.0 Å². The Hall–Kier alpha value is -0.930. The number of hydrogen-bond donors (Lipinski definition) is 0. The van der Waals surface area contributed by atoms with Gasteiger partial charge in [0, 0.05) is 5.56 Å². The molecule has 0 aliphatic carbocycles. The number of halogens is 1. The van der Waals surface area contributed by atoms with Crippen LogP contribution >= 0.6 is 22.9 Å². The average molecular weight is 225 g/mol. The summed E-state index contributed by atoms with van der Waals surface area (Å²) >= 11 is 7.16. The number of aryl methyl sites for hydroxylation is 1. The SMILES string of the molecule is CCc1ccccc1-c1nnc(Cl)s1. The van der Waals surface area contributed by atoms with E-state index in [9.17, 15) is 0 Å². The van der Waals surface area contributed by atoms with E-state index in [1.807, 2.05) is 12.1 Å². The van der Waals surface area contributed by atoms with E-state index in [2.05, 4.69) is 29.3 Å². The Kier molecular flexibility index (Phi) is 2.79. The molecular formula is C10H9ClN2S. The van der Waals surface area contributed by atoms with Crippen LogP contribution in [-0.2, 0) is 6.42 Å². The molecule has 0 fully saturated rings. The van der Waals surface area contributed by atoms with Crippen molar-refractivity contribution in [2.24, 2.45) is 0 Å². The van der Waals surface area contributed by atoms with Crippen molar-refractivity contribution in [1.82, 2.24) is 10.2 Å². The normalized spacial score (nSPS) is 10.4. The summed E-state index contributed by atoms with van der Waals surface area (Å²) in [5.74, 6) is 0. The van der Waals surface area contributed by atoms with E-state index < -0.39 is 0 Å². The lowest BCUT2D eigenvalue weighted by molar-refractivity contribution is 1.08. The molecule has 0 atom stereocenters. The van der Waals surface area contributed by atoms with Gasteiger partial charge in [0.1, 0.15) is 5.01 Å². The van der Waals surface area contributed by atoms with Crippen LogP contribution in [0.25, 0.3) is 10.6 Å². The molecule has 0 bridgehead atoms. The van der Waals surface area contributed by atoms with E-state index in [0.29, 0.717) is 4.47 Å². The highest BCUT2D eigenvalue weighted by molar-refractivity contribution is 7.18. The van der Waals surface area contributed by atoms with Gasteiger partial charge in [-0.2, -0.15) is 0 Å². The monoisotopic (exact) mass is 224 g/mol. The van der Waals surface area contributed by atoms with Crippen molar-refractivity contribution in [2.45, 2.75) is 13.3 Å². The second kappa shape index (κ2) is 4.07. The van der Waals surface area contributed by atoms with Gasteiger partial charge in [0.25, 0.3) is 0 Å². The quantitative estimate of drug-likeness (QED) is 0.781. The third-order valence-electron chi connectivity index (χ3n) is 2.03. The van der Waals surface area contributed by atoms with Crippen LogP contribution in [0.3, 0.4) is 0 Å². The summed E-state index contributed by atoms with van der Waals surface area (Å²) in [7, 11) is 0. The van der Waals surface area contributed by atoms with Crippen molar-refractivity contribution in [1.29, 1.82) is 0 Å². The Morgan fingerprint density at radius 2 is 2.07 bits per heavy atom. The molecule has 1 heterocycles. The minimum Gasteiger partial charge on any atom is -0.137 e. The predicted molar refractivity (Wildman–Crippen MR) is 59.7 cm³/mol.